The first-order valence-corrected chi connectivity index (χ1v) is 9.15. The zero-order valence-corrected chi connectivity index (χ0v) is 14.0. The van der Waals surface area contributed by atoms with Crippen molar-refractivity contribution in [3.63, 3.8) is 0 Å². The highest BCUT2D eigenvalue weighted by Crippen LogP contribution is 2.64. The van der Waals surface area contributed by atoms with E-state index in [-0.39, 0.29) is 5.41 Å². The van der Waals surface area contributed by atoms with Crippen LogP contribution in [0.3, 0.4) is 0 Å². The van der Waals surface area contributed by atoms with E-state index in [1.165, 1.54) is 17.4 Å². The minimum atomic E-state index is -0.686. The molecular formula is C20H27NO2. The maximum absolute atomic E-state index is 11.7. The van der Waals surface area contributed by atoms with Crippen LogP contribution in [0.25, 0.3) is 0 Å². The van der Waals surface area contributed by atoms with E-state index in [2.05, 4.69) is 6.92 Å². The van der Waals surface area contributed by atoms with Crippen molar-refractivity contribution >= 4 is 12.0 Å². The average molecular weight is 313 g/mol. The van der Waals surface area contributed by atoms with Gasteiger partial charge in [0, 0.05) is 18.3 Å². The van der Waals surface area contributed by atoms with Crippen molar-refractivity contribution in [1.82, 2.24) is 0 Å². The molecule has 2 saturated carbocycles. The largest absolute Gasteiger partial charge is 0.389 e. The number of allylic oxidation sites excluding steroid dienone is 4. The molecule has 0 aromatic heterocycles. The second-order valence-electron chi connectivity index (χ2n) is 8.29. The van der Waals surface area contributed by atoms with Crippen LogP contribution in [-0.2, 0) is 4.79 Å². The highest BCUT2D eigenvalue weighted by Gasteiger charge is 2.60. The van der Waals surface area contributed by atoms with Crippen LogP contribution >= 0.6 is 0 Å². The van der Waals surface area contributed by atoms with Crippen molar-refractivity contribution in [2.45, 2.75) is 70.3 Å². The summed E-state index contributed by atoms with van der Waals surface area (Å²) in [6.07, 6.45) is 11.6. The van der Waals surface area contributed by atoms with E-state index < -0.39 is 5.60 Å². The predicted molar refractivity (Wildman–Crippen MR) is 90.5 cm³/mol. The summed E-state index contributed by atoms with van der Waals surface area (Å²) in [4.78, 5) is 11.7. The van der Waals surface area contributed by atoms with Gasteiger partial charge in [0.05, 0.1) is 5.60 Å². The zero-order chi connectivity index (χ0) is 16.2. The lowest BCUT2D eigenvalue weighted by Gasteiger charge is -2.51. The molecule has 4 rings (SSSR count). The molecule has 0 heterocycles. The van der Waals surface area contributed by atoms with Crippen LogP contribution < -0.4 is 0 Å². The summed E-state index contributed by atoms with van der Waals surface area (Å²) in [5.41, 5.74) is 3.67. The van der Waals surface area contributed by atoms with Crippen molar-refractivity contribution in [3.05, 3.63) is 22.8 Å². The summed E-state index contributed by atoms with van der Waals surface area (Å²) in [6, 6.07) is 0. The third kappa shape index (κ3) is 2.05. The van der Waals surface area contributed by atoms with Crippen LogP contribution in [0.4, 0.5) is 0 Å². The summed E-state index contributed by atoms with van der Waals surface area (Å²) in [5.74, 6) is 1.43. The average Bonchev–Trinajstić information content (AvgIpc) is 2.79. The van der Waals surface area contributed by atoms with Gasteiger partial charge in [0.25, 0.3) is 0 Å². The number of hydrogen-bond donors (Lipinski definition) is 2. The van der Waals surface area contributed by atoms with Crippen LogP contribution in [0.2, 0.25) is 0 Å². The number of rotatable bonds is 2. The molecule has 4 aliphatic rings. The van der Waals surface area contributed by atoms with Gasteiger partial charge in [-0.25, -0.2) is 0 Å². The second kappa shape index (κ2) is 5.14. The van der Waals surface area contributed by atoms with E-state index in [0.29, 0.717) is 30.5 Å². The van der Waals surface area contributed by atoms with E-state index in [4.69, 9.17) is 5.41 Å². The Kier molecular flexibility index (Phi) is 3.42. The third-order valence-corrected chi connectivity index (χ3v) is 7.49. The molecule has 3 nitrogen and oxygen atoms in total. The molecule has 4 aliphatic carbocycles. The Labute approximate surface area is 138 Å². The van der Waals surface area contributed by atoms with Crippen LogP contribution in [-0.4, -0.2) is 22.7 Å². The lowest BCUT2D eigenvalue weighted by atomic mass is 9.54. The van der Waals surface area contributed by atoms with Gasteiger partial charge in [0.2, 0.25) is 0 Å². The normalized spacial score (nSPS) is 42.7. The summed E-state index contributed by atoms with van der Waals surface area (Å²) in [6.45, 7) is 2.27. The van der Waals surface area contributed by atoms with Gasteiger partial charge in [0.15, 0.2) is 5.78 Å². The number of nitrogens with one attached hydrogen (secondary N) is 1. The van der Waals surface area contributed by atoms with Gasteiger partial charge in [-0.1, -0.05) is 12.5 Å². The van der Waals surface area contributed by atoms with Crippen LogP contribution in [0, 0.1) is 22.7 Å². The van der Waals surface area contributed by atoms with Gasteiger partial charge in [-0.05, 0) is 80.2 Å². The molecule has 0 amide bonds. The number of carbonyl (C=O) groups excluding carboxylic acids is 1. The van der Waals surface area contributed by atoms with Crippen LogP contribution in [0.1, 0.15) is 64.7 Å². The van der Waals surface area contributed by atoms with Gasteiger partial charge in [0.1, 0.15) is 0 Å². The van der Waals surface area contributed by atoms with Crippen LogP contribution in [0.5, 0.6) is 0 Å². The lowest BCUT2D eigenvalue weighted by Crippen LogP contribution is -2.49. The fourth-order valence-corrected chi connectivity index (χ4v) is 6.15. The Morgan fingerprint density at radius 2 is 2.09 bits per heavy atom. The Morgan fingerprint density at radius 1 is 1.26 bits per heavy atom. The monoisotopic (exact) mass is 313 g/mol. The number of fused-ring (bicyclic) bond motifs is 4. The summed E-state index contributed by atoms with van der Waals surface area (Å²) in [5, 5.41) is 18.7. The maximum Gasteiger partial charge on any atom is 0.156 e. The molecule has 0 spiro atoms. The molecule has 2 N–H and O–H groups in total. The standard InChI is InChI=1S/C20H27NO2/c1-19-8-6-16-15-5-3-14(22)12-13(15)2-4-17(16)18(19)7-9-20(19,23)10-11-21/h11-12,17-18,21,23H,2-10H2,1H3/t17?,18?,19-,20+/m0/s1. The lowest BCUT2D eigenvalue weighted by molar-refractivity contribution is -0.114. The van der Waals surface area contributed by atoms with Crippen molar-refractivity contribution < 1.29 is 9.90 Å². The van der Waals surface area contributed by atoms with Gasteiger partial charge < -0.3 is 10.5 Å². The van der Waals surface area contributed by atoms with E-state index in [9.17, 15) is 9.90 Å². The molecule has 2 fully saturated rings. The quantitative estimate of drug-likeness (QED) is 0.758. The van der Waals surface area contributed by atoms with Crippen molar-refractivity contribution in [2.24, 2.45) is 17.3 Å². The molecule has 23 heavy (non-hydrogen) atoms. The van der Waals surface area contributed by atoms with Crippen molar-refractivity contribution in [3.8, 4) is 0 Å². The molecule has 0 aromatic rings. The molecule has 4 atom stereocenters. The second-order valence-corrected chi connectivity index (χ2v) is 8.29. The van der Waals surface area contributed by atoms with E-state index >= 15 is 0 Å². The van der Waals surface area contributed by atoms with Gasteiger partial charge in [-0.2, -0.15) is 0 Å². The van der Waals surface area contributed by atoms with E-state index in [1.807, 2.05) is 6.08 Å². The van der Waals surface area contributed by atoms with Crippen molar-refractivity contribution in [1.29, 1.82) is 5.41 Å². The van der Waals surface area contributed by atoms with Gasteiger partial charge in [-0.15, -0.1) is 0 Å². The minimum Gasteiger partial charge on any atom is -0.389 e. The number of hydrogen-bond acceptors (Lipinski definition) is 3. The topological polar surface area (TPSA) is 61.1 Å². The summed E-state index contributed by atoms with van der Waals surface area (Å²) in [7, 11) is 0. The number of carbonyl (C=O) groups is 1. The fourth-order valence-electron chi connectivity index (χ4n) is 6.15. The number of aliphatic hydroxyl groups is 1. The molecule has 0 radical (unpaired) electrons. The molecule has 0 saturated heterocycles. The zero-order valence-electron chi connectivity index (χ0n) is 14.0. The first-order valence-electron chi connectivity index (χ1n) is 9.15. The molecule has 2 unspecified atom stereocenters. The molecule has 3 heteroatoms. The van der Waals surface area contributed by atoms with E-state index in [0.717, 1.165) is 44.9 Å². The smallest absolute Gasteiger partial charge is 0.156 e. The Balaban J connectivity index is 1.71. The van der Waals surface area contributed by atoms with Crippen LogP contribution in [0.15, 0.2) is 22.8 Å². The van der Waals surface area contributed by atoms with Gasteiger partial charge in [-0.3, -0.25) is 4.79 Å². The van der Waals surface area contributed by atoms with Crippen molar-refractivity contribution in [2.75, 3.05) is 0 Å². The molecule has 124 valence electrons. The Morgan fingerprint density at radius 3 is 2.87 bits per heavy atom. The molecule has 0 aliphatic heterocycles. The maximum atomic E-state index is 11.7. The third-order valence-electron chi connectivity index (χ3n) is 7.49. The number of ketones is 1. The first-order chi connectivity index (χ1) is 11.0. The SMILES string of the molecule is C[C@]12CCC3=C4CCC(=O)C=C4CCC3C1CC[C@@]2(O)CC=N. The molecule has 0 bridgehead atoms. The summed E-state index contributed by atoms with van der Waals surface area (Å²) >= 11 is 0. The molecular weight excluding hydrogens is 286 g/mol. The highest BCUT2D eigenvalue weighted by atomic mass is 16.3. The Hall–Kier alpha value is -1.22. The first kappa shape index (κ1) is 15.3. The predicted octanol–water partition coefficient (Wildman–Crippen LogP) is 3.96. The van der Waals surface area contributed by atoms with Gasteiger partial charge >= 0.3 is 0 Å². The highest BCUT2D eigenvalue weighted by molar-refractivity contribution is 5.93. The fraction of sp³-hybridized carbons (Fsp3) is 0.700. The Bertz CT molecular complexity index is 632. The van der Waals surface area contributed by atoms with E-state index in [1.54, 1.807) is 5.57 Å². The summed E-state index contributed by atoms with van der Waals surface area (Å²) < 4.78 is 0. The minimum absolute atomic E-state index is 0.0506. The molecule has 0 aromatic carbocycles.